The number of carbonyl (C=O) groups is 3. The van der Waals surface area contributed by atoms with Gasteiger partial charge in [0.05, 0.1) is 18.6 Å². The van der Waals surface area contributed by atoms with E-state index < -0.39 is 36.2 Å². The van der Waals surface area contributed by atoms with Gasteiger partial charge >= 0.3 is 12.1 Å². The van der Waals surface area contributed by atoms with Gasteiger partial charge in [0.1, 0.15) is 6.61 Å². The summed E-state index contributed by atoms with van der Waals surface area (Å²) in [4.78, 5) is 36.2. The van der Waals surface area contributed by atoms with E-state index in [1.54, 1.807) is 6.92 Å². The number of carbonyl (C=O) groups excluding carboxylic acids is 2. The molecule has 2 amide bonds. The van der Waals surface area contributed by atoms with Crippen molar-refractivity contribution in [2.75, 3.05) is 26.4 Å². The minimum absolute atomic E-state index is 0.0382. The van der Waals surface area contributed by atoms with Gasteiger partial charge in [0.25, 0.3) is 5.91 Å². The molecule has 0 spiro atoms. The van der Waals surface area contributed by atoms with Crippen molar-refractivity contribution in [2.45, 2.75) is 43.9 Å². The normalized spacial score (nSPS) is 19.5. The van der Waals surface area contributed by atoms with Crippen LogP contribution in [0, 0.1) is 0 Å². The van der Waals surface area contributed by atoms with Crippen LogP contribution in [-0.4, -0.2) is 67.7 Å². The third-order valence-corrected chi connectivity index (χ3v) is 6.31. The summed E-state index contributed by atoms with van der Waals surface area (Å²) in [7, 11) is 0. The van der Waals surface area contributed by atoms with Crippen LogP contribution in [0.2, 0.25) is 0 Å². The van der Waals surface area contributed by atoms with Gasteiger partial charge in [-0.3, -0.25) is 9.59 Å². The minimum Gasteiger partial charge on any atom is -0.481 e. The zero-order valence-electron chi connectivity index (χ0n) is 19.6. The molecule has 1 fully saturated rings. The highest BCUT2D eigenvalue weighted by molar-refractivity contribution is 5.83. The molecule has 0 aromatic heterocycles. The average Bonchev–Trinajstić information content (AvgIpc) is 3.43. The molecule has 1 aliphatic carbocycles. The van der Waals surface area contributed by atoms with Gasteiger partial charge in [-0.1, -0.05) is 48.5 Å². The first-order valence-electron chi connectivity index (χ1n) is 11.8. The summed E-state index contributed by atoms with van der Waals surface area (Å²) in [5, 5.41) is 14.4. The number of hydrogen-bond donors (Lipinski definition) is 3. The molecule has 186 valence electrons. The second kappa shape index (κ2) is 11.3. The fourth-order valence-electron chi connectivity index (χ4n) is 4.72. The maximum atomic E-state index is 12.6. The summed E-state index contributed by atoms with van der Waals surface area (Å²) >= 11 is 0. The summed E-state index contributed by atoms with van der Waals surface area (Å²) in [5.74, 6) is -1.50. The number of benzene rings is 2. The zero-order valence-corrected chi connectivity index (χ0v) is 19.6. The van der Waals surface area contributed by atoms with Crippen LogP contribution >= 0.6 is 0 Å². The summed E-state index contributed by atoms with van der Waals surface area (Å²) in [6.07, 6.45) is -1.90. The van der Waals surface area contributed by atoms with Gasteiger partial charge in [0.2, 0.25) is 0 Å². The summed E-state index contributed by atoms with van der Waals surface area (Å²) in [6, 6.07) is 15.6. The maximum Gasteiger partial charge on any atom is 0.407 e. The number of carboxylic acid groups (broad SMARTS) is 1. The Balaban J connectivity index is 1.31. The van der Waals surface area contributed by atoms with E-state index in [1.807, 2.05) is 36.4 Å². The first-order valence-corrected chi connectivity index (χ1v) is 11.8. The first kappa shape index (κ1) is 24.7. The van der Waals surface area contributed by atoms with E-state index in [4.69, 9.17) is 19.3 Å². The SMILES string of the molecule is CCOC(CNC(=O)C1OCCC1NC(=O)OCC1c2ccccc2-c2ccccc21)CC(=O)O. The molecular weight excluding hydrogens is 452 g/mol. The molecule has 3 unspecified atom stereocenters. The zero-order chi connectivity index (χ0) is 24.8. The lowest BCUT2D eigenvalue weighted by atomic mass is 9.98. The van der Waals surface area contributed by atoms with E-state index >= 15 is 0 Å². The number of amides is 2. The lowest BCUT2D eigenvalue weighted by Gasteiger charge is -2.22. The molecule has 0 radical (unpaired) electrons. The Kier molecular flexibility index (Phi) is 7.99. The van der Waals surface area contributed by atoms with Gasteiger partial charge in [-0.25, -0.2) is 4.79 Å². The van der Waals surface area contributed by atoms with Crippen LogP contribution in [0.25, 0.3) is 11.1 Å². The van der Waals surface area contributed by atoms with Crippen LogP contribution in [0.15, 0.2) is 48.5 Å². The van der Waals surface area contributed by atoms with Crippen LogP contribution in [-0.2, 0) is 23.8 Å². The van der Waals surface area contributed by atoms with Crippen molar-refractivity contribution in [3.05, 3.63) is 59.7 Å². The van der Waals surface area contributed by atoms with Gasteiger partial charge < -0.3 is 30.0 Å². The number of rotatable bonds is 10. The number of hydrogen-bond acceptors (Lipinski definition) is 6. The molecule has 3 N–H and O–H groups in total. The Morgan fingerprint density at radius 3 is 2.37 bits per heavy atom. The molecule has 3 atom stereocenters. The van der Waals surface area contributed by atoms with Gasteiger partial charge in [0, 0.05) is 25.7 Å². The Hall–Kier alpha value is -3.43. The number of aliphatic carboxylic acids is 1. The molecule has 0 saturated carbocycles. The molecule has 1 saturated heterocycles. The fraction of sp³-hybridized carbons (Fsp3) is 0.423. The third kappa shape index (κ3) is 5.80. The smallest absolute Gasteiger partial charge is 0.407 e. The molecule has 4 rings (SSSR count). The Labute approximate surface area is 203 Å². The van der Waals surface area contributed by atoms with Crippen molar-refractivity contribution < 1.29 is 33.7 Å². The average molecular weight is 483 g/mol. The summed E-state index contributed by atoms with van der Waals surface area (Å²) in [5.41, 5.74) is 4.53. The second-order valence-corrected chi connectivity index (χ2v) is 8.58. The quantitative estimate of drug-likeness (QED) is 0.476. The van der Waals surface area contributed by atoms with E-state index in [1.165, 1.54) is 0 Å². The molecule has 1 heterocycles. The maximum absolute atomic E-state index is 12.6. The van der Waals surface area contributed by atoms with Crippen molar-refractivity contribution in [3.63, 3.8) is 0 Å². The third-order valence-electron chi connectivity index (χ3n) is 6.31. The second-order valence-electron chi connectivity index (χ2n) is 8.58. The van der Waals surface area contributed by atoms with Crippen molar-refractivity contribution in [1.29, 1.82) is 0 Å². The number of alkyl carbamates (subject to hydrolysis) is 1. The number of carboxylic acids is 1. The van der Waals surface area contributed by atoms with E-state index in [2.05, 4.69) is 22.8 Å². The molecule has 2 aromatic rings. The van der Waals surface area contributed by atoms with E-state index in [0.29, 0.717) is 19.6 Å². The van der Waals surface area contributed by atoms with E-state index in [0.717, 1.165) is 22.3 Å². The summed E-state index contributed by atoms with van der Waals surface area (Å²) < 4.78 is 16.5. The van der Waals surface area contributed by atoms with Crippen molar-refractivity contribution in [1.82, 2.24) is 10.6 Å². The van der Waals surface area contributed by atoms with Crippen LogP contribution in [0.5, 0.6) is 0 Å². The molecule has 2 aromatic carbocycles. The predicted octanol–water partition coefficient (Wildman–Crippen LogP) is 2.68. The summed E-state index contributed by atoms with van der Waals surface area (Å²) in [6.45, 7) is 2.62. The highest BCUT2D eigenvalue weighted by Gasteiger charge is 2.36. The van der Waals surface area contributed by atoms with Crippen LogP contribution < -0.4 is 10.6 Å². The molecule has 2 aliphatic rings. The molecule has 0 bridgehead atoms. The van der Waals surface area contributed by atoms with E-state index in [-0.39, 0.29) is 25.5 Å². The lowest BCUT2D eigenvalue weighted by Crippen LogP contribution is -2.49. The molecule has 9 nitrogen and oxygen atoms in total. The van der Waals surface area contributed by atoms with Crippen molar-refractivity contribution in [2.24, 2.45) is 0 Å². The highest BCUT2D eigenvalue weighted by atomic mass is 16.6. The largest absolute Gasteiger partial charge is 0.481 e. The van der Waals surface area contributed by atoms with Crippen LogP contribution in [0.1, 0.15) is 36.8 Å². The monoisotopic (exact) mass is 482 g/mol. The highest BCUT2D eigenvalue weighted by Crippen LogP contribution is 2.44. The Bertz CT molecular complexity index is 1030. The Morgan fingerprint density at radius 1 is 1.09 bits per heavy atom. The molecular formula is C26H30N2O7. The minimum atomic E-state index is -1.01. The topological polar surface area (TPSA) is 123 Å². The number of nitrogens with one attached hydrogen (secondary N) is 2. The van der Waals surface area contributed by atoms with Crippen molar-refractivity contribution >= 4 is 18.0 Å². The van der Waals surface area contributed by atoms with Gasteiger partial charge in [-0.15, -0.1) is 0 Å². The standard InChI is InChI=1S/C26H30N2O7/c1-2-33-16(13-23(29)30)14-27-25(31)24-22(11-12-34-24)28-26(32)35-15-21-19-9-5-3-7-17(19)18-8-4-6-10-20(18)21/h3-10,16,21-22,24H,2,11-15H2,1H3,(H,27,31)(H,28,32)(H,29,30). The first-order chi connectivity index (χ1) is 17.0. The van der Waals surface area contributed by atoms with E-state index in [9.17, 15) is 14.4 Å². The molecule has 1 aliphatic heterocycles. The van der Waals surface area contributed by atoms with Gasteiger partial charge in [-0.05, 0) is 35.6 Å². The lowest BCUT2D eigenvalue weighted by molar-refractivity contribution is -0.141. The predicted molar refractivity (Wildman–Crippen MR) is 127 cm³/mol. The van der Waals surface area contributed by atoms with Gasteiger partial charge in [-0.2, -0.15) is 0 Å². The van der Waals surface area contributed by atoms with Gasteiger partial charge in [0.15, 0.2) is 6.10 Å². The molecule has 9 heteroatoms. The van der Waals surface area contributed by atoms with Crippen LogP contribution in [0.4, 0.5) is 4.79 Å². The number of ether oxygens (including phenoxy) is 3. The van der Waals surface area contributed by atoms with Crippen molar-refractivity contribution in [3.8, 4) is 11.1 Å². The molecule has 35 heavy (non-hydrogen) atoms. The number of fused-ring (bicyclic) bond motifs is 3. The van der Waals surface area contributed by atoms with Crippen LogP contribution in [0.3, 0.4) is 0 Å². The fourth-order valence-corrected chi connectivity index (χ4v) is 4.72. The Morgan fingerprint density at radius 2 is 1.74 bits per heavy atom.